The molecule has 130 valence electrons. The number of nitrogens with one attached hydrogen (secondary N) is 2. The van der Waals surface area contributed by atoms with Gasteiger partial charge in [0.25, 0.3) is 0 Å². The topological polar surface area (TPSA) is 60.7 Å². The highest BCUT2D eigenvalue weighted by Crippen LogP contribution is 2.03. The van der Waals surface area contributed by atoms with Crippen LogP contribution in [0.25, 0.3) is 0 Å². The predicted octanol–water partition coefficient (Wildman–Crippen LogP) is -0.0314. The van der Waals surface area contributed by atoms with Gasteiger partial charge in [-0.3, -0.25) is 9.67 Å². The highest BCUT2D eigenvalue weighted by Gasteiger charge is 2.16. The Bertz CT molecular complexity index is 488. The third kappa shape index (κ3) is 5.84. The number of aliphatic imine (C=N–C) groups is 1. The number of hydrogen-bond acceptors (Lipinski definition) is 4. The average Bonchev–Trinajstić information content (AvgIpc) is 2.95. The Morgan fingerprint density at radius 3 is 2.61 bits per heavy atom. The minimum Gasteiger partial charge on any atom is -0.356 e. The van der Waals surface area contributed by atoms with Crippen LogP contribution >= 0.6 is 0 Å². The Balaban J connectivity index is 1.67. The standard InChI is InChI=1S/C16H31N7/c1-14(13-23-9-7-21(3)8-10-23)11-18-16(17-2)19-12-15-5-6-20-22(15)4/h5-6,14H,7-13H2,1-4H3,(H2,17,18,19). The molecule has 1 aromatic heterocycles. The van der Waals surface area contributed by atoms with E-state index in [1.54, 1.807) is 0 Å². The van der Waals surface area contributed by atoms with Gasteiger partial charge < -0.3 is 20.4 Å². The first kappa shape index (κ1) is 17.7. The summed E-state index contributed by atoms with van der Waals surface area (Å²) in [5.41, 5.74) is 1.14. The van der Waals surface area contributed by atoms with Gasteiger partial charge in [-0.25, -0.2) is 0 Å². The molecule has 1 atom stereocenters. The van der Waals surface area contributed by atoms with E-state index in [2.05, 4.69) is 44.5 Å². The summed E-state index contributed by atoms with van der Waals surface area (Å²) >= 11 is 0. The maximum Gasteiger partial charge on any atom is 0.191 e. The number of nitrogens with zero attached hydrogens (tertiary/aromatic N) is 5. The summed E-state index contributed by atoms with van der Waals surface area (Å²) in [6.45, 7) is 9.78. The fourth-order valence-corrected chi connectivity index (χ4v) is 2.78. The highest BCUT2D eigenvalue weighted by atomic mass is 15.3. The summed E-state index contributed by atoms with van der Waals surface area (Å²) in [7, 11) is 5.95. The molecule has 0 radical (unpaired) electrons. The van der Waals surface area contributed by atoms with E-state index in [9.17, 15) is 0 Å². The quantitative estimate of drug-likeness (QED) is 0.569. The lowest BCUT2D eigenvalue weighted by Crippen LogP contribution is -2.47. The van der Waals surface area contributed by atoms with Crippen LogP contribution in [0, 0.1) is 5.92 Å². The van der Waals surface area contributed by atoms with Crippen LogP contribution in [-0.2, 0) is 13.6 Å². The fraction of sp³-hybridized carbons (Fsp3) is 0.750. The molecule has 1 unspecified atom stereocenters. The van der Waals surface area contributed by atoms with Crippen LogP contribution < -0.4 is 10.6 Å². The van der Waals surface area contributed by atoms with E-state index >= 15 is 0 Å². The van der Waals surface area contributed by atoms with E-state index in [0.29, 0.717) is 5.92 Å². The van der Waals surface area contributed by atoms with Crippen molar-refractivity contribution in [3.63, 3.8) is 0 Å². The van der Waals surface area contributed by atoms with Crippen LogP contribution in [0.2, 0.25) is 0 Å². The zero-order valence-electron chi connectivity index (χ0n) is 14.9. The molecule has 0 bridgehead atoms. The molecule has 2 rings (SSSR count). The molecule has 0 aliphatic carbocycles. The van der Waals surface area contributed by atoms with Gasteiger partial charge in [0, 0.05) is 59.6 Å². The largest absolute Gasteiger partial charge is 0.356 e. The van der Waals surface area contributed by atoms with Crippen molar-refractivity contribution >= 4 is 5.96 Å². The molecular formula is C16H31N7. The smallest absolute Gasteiger partial charge is 0.191 e. The third-order valence-electron chi connectivity index (χ3n) is 4.37. The van der Waals surface area contributed by atoms with Crippen molar-refractivity contribution in [1.82, 2.24) is 30.2 Å². The van der Waals surface area contributed by atoms with Crippen LogP contribution in [0.1, 0.15) is 12.6 Å². The summed E-state index contributed by atoms with van der Waals surface area (Å²) in [6.07, 6.45) is 1.81. The average molecular weight is 321 g/mol. The molecule has 0 saturated carbocycles. The van der Waals surface area contributed by atoms with E-state index in [0.717, 1.165) is 31.3 Å². The van der Waals surface area contributed by atoms with Crippen molar-refractivity contribution < 1.29 is 0 Å². The number of rotatable bonds is 6. The lowest BCUT2D eigenvalue weighted by atomic mass is 10.1. The van der Waals surface area contributed by atoms with Gasteiger partial charge in [-0.15, -0.1) is 0 Å². The van der Waals surface area contributed by atoms with Crippen molar-refractivity contribution in [2.75, 3.05) is 53.4 Å². The molecule has 1 aliphatic rings. The van der Waals surface area contributed by atoms with Crippen molar-refractivity contribution in [2.45, 2.75) is 13.5 Å². The molecule has 2 heterocycles. The summed E-state index contributed by atoms with van der Waals surface area (Å²) in [6, 6.07) is 2.01. The molecule has 1 aliphatic heterocycles. The molecule has 2 N–H and O–H groups in total. The van der Waals surface area contributed by atoms with Gasteiger partial charge >= 0.3 is 0 Å². The molecule has 7 heteroatoms. The Labute approximate surface area is 139 Å². The summed E-state index contributed by atoms with van der Waals surface area (Å²) in [4.78, 5) is 9.24. The molecule has 1 saturated heterocycles. The highest BCUT2D eigenvalue weighted by molar-refractivity contribution is 5.79. The molecule has 1 fully saturated rings. The molecule has 0 spiro atoms. The van der Waals surface area contributed by atoms with E-state index < -0.39 is 0 Å². The monoisotopic (exact) mass is 321 g/mol. The summed E-state index contributed by atoms with van der Waals surface area (Å²) in [5.74, 6) is 1.44. The number of aryl methyl sites for hydroxylation is 1. The first-order valence-corrected chi connectivity index (χ1v) is 8.40. The van der Waals surface area contributed by atoms with E-state index in [1.807, 2.05) is 31.0 Å². The van der Waals surface area contributed by atoms with Gasteiger partial charge in [-0.1, -0.05) is 6.92 Å². The van der Waals surface area contributed by atoms with E-state index in [-0.39, 0.29) is 0 Å². The number of piperazine rings is 1. The van der Waals surface area contributed by atoms with Crippen molar-refractivity contribution in [3.8, 4) is 0 Å². The maximum absolute atomic E-state index is 4.29. The molecule has 0 amide bonds. The molecule has 1 aromatic rings. The van der Waals surface area contributed by atoms with Crippen LogP contribution in [-0.4, -0.2) is 78.9 Å². The fourth-order valence-electron chi connectivity index (χ4n) is 2.78. The Hall–Kier alpha value is -1.60. The number of hydrogen-bond donors (Lipinski definition) is 2. The zero-order chi connectivity index (χ0) is 16.7. The van der Waals surface area contributed by atoms with Crippen LogP contribution in [0.5, 0.6) is 0 Å². The van der Waals surface area contributed by atoms with Crippen LogP contribution in [0.15, 0.2) is 17.3 Å². The number of guanidine groups is 1. The Morgan fingerprint density at radius 2 is 2.00 bits per heavy atom. The van der Waals surface area contributed by atoms with E-state index in [1.165, 1.54) is 26.2 Å². The lowest BCUT2D eigenvalue weighted by molar-refractivity contribution is 0.139. The zero-order valence-corrected chi connectivity index (χ0v) is 14.9. The van der Waals surface area contributed by atoms with Gasteiger partial charge in [-0.05, 0) is 19.0 Å². The van der Waals surface area contributed by atoms with Crippen LogP contribution in [0.3, 0.4) is 0 Å². The van der Waals surface area contributed by atoms with Crippen molar-refractivity contribution in [3.05, 3.63) is 18.0 Å². The number of likely N-dealkylation sites (N-methyl/N-ethyl adjacent to an activating group) is 1. The second kappa shape index (κ2) is 8.88. The second-order valence-corrected chi connectivity index (χ2v) is 6.46. The lowest BCUT2D eigenvalue weighted by Gasteiger charge is -2.34. The van der Waals surface area contributed by atoms with Gasteiger partial charge in [0.2, 0.25) is 0 Å². The normalized spacial score (nSPS) is 18.9. The summed E-state index contributed by atoms with van der Waals surface area (Å²) < 4.78 is 1.87. The predicted molar refractivity (Wildman–Crippen MR) is 94.5 cm³/mol. The van der Waals surface area contributed by atoms with Gasteiger partial charge in [-0.2, -0.15) is 5.10 Å². The minimum absolute atomic E-state index is 0.591. The Morgan fingerprint density at radius 1 is 1.26 bits per heavy atom. The first-order chi connectivity index (χ1) is 11.1. The Kier molecular flexibility index (Phi) is 6.85. The third-order valence-corrected chi connectivity index (χ3v) is 4.37. The molecule has 23 heavy (non-hydrogen) atoms. The van der Waals surface area contributed by atoms with E-state index in [4.69, 9.17) is 0 Å². The maximum atomic E-state index is 4.29. The molecule has 0 aromatic carbocycles. The SMILES string of the molecule is CN=C(NCc1ccnn1C)NCC(C)CN1CCN(C)CC1. The van der Waals surface area contributed by atoms with Crippen molar-refractivity contribution in [1.29, 1.82) is 0 Å². The van der Waals surface area contributed by atoms with Gasteiger partial charge in [0.1, 0.15) is 0 Å². The summed E-state index contributed by atoms with van der Waals surface area (Å²) in [5, 5.41) is 10.9. The van der Waals surface area contributed by atoms with Crippen molar-refractivity contribution in [2.24, 2.45) is 18.0 Å². The van der Waals surface area contributed by atoms with Gasteiger partial charge in [0.15, 0.2) is 5.96 Å². The number of aromatic nitrogens is 2. The molecular weight excluding hydrogens is 290 g/mol. The second-order valence-electron chi connectivity index (χ2n) is 6.46. The van der Waals surface area contributed by atoms with Crippen LogP contribution in [0.4, 0.5) is 0 Å². The van der Waals surface area contributed by atoms with Gasteiger partial charge in [0.05, 0.1) is 12.2 Å². The molecule has 7 nitrogen and oxygen atoms in total. The first-order valence-electron chi connectivity index (χ1n) is 8.40. The minimum atomic E-state index is 0.591.